The number of carbonyl (C=O) groups excluding carboxylic acids is 2. The Balaban J connectivity index is 0.00000300. The first-order valence-electron chi connectivity index (χ1n) is 9.45. The molecule has 3 rings (SSSR count). The molecule has 2 atom stereocenters. The minimum Gasteiger partial charge on any atom is -0.350 e. The van der Waals surface area contributed by atoms with Crippen molar-refractivity contribution in [2.75, 3.05) is 6.54 Å². The molecule has 7 heteroatoms. The molecular weight excluding hydrogens is 388 g/mol. The quantitative estimate of drug-likeness (QED) is 0.759. The Morgan fingerprint density at radius 3 is 2.48 bits per heavy atom. The molecule has 1 fully saturated rings. The Bertz CT molecular complexity index is 865. The van der Waals surface area contributed by atoms with E-state index < -0.39 is 12.1 Å². The number of likely N-dealkylation sites (tertiary alicyclic amines) is 1. The van der Waals surface area contributed by atoms with Gasteiger partial charge >= 0.3 is 0 Å². The topological polar surface area (TPSA) is 99.2 Å². The monoisotopic (exact) mass is 412 g/mol. The Morgan fingerprint density at radius 2 is 1.83 bits per heavy atom. The zero-order chi connectivity index (χ0) is 19.9. The lowest BCUT2D eigenvalue weighted by molar-refractivity contribution is -0.139. The van der Waals surface area contributed by atoms with Crippen LogP contribution in [0.1, 0.15) is 29.5 Å². The van der Waals surface area contributed by atoms with Gasteiger partial charge in [0.15, 0.2) is 0 Å². The van der Waals surface area contributed by atoms with Crippen molar-refractivity contribution in [2.24, 2.45) is 5.73 Å². The van der Waals surface area contributed by atoms with Crippen LogP contribution in [0.5, 0.6) is 0 Å². The third-order valence-corrected chi connectivity index (χ3v) is 5.00. The van der Waals surface area contributed by atoms with Gasteiger partial charge in [0.1, 0.15) is 6.04 Å². The smallest absolute Gasteiger partial charge is 0.243 e. The van der Waals surface area contributed by atoms with Gasteiger partial charge in [-0.25, -0.2) is 0 Å². The fraction of sp³-hybridized carbons (Fsp3) is 0.318. The van der Waals surface area contributed by atoms with Gasteiger partial charge in [-0.15, -0.1) is 12.4 Å². The van der Waals surface area contributed by atoms with Crippen LogP contribution in [0.3, 0.4) is 0 Å². The predicted octanol–water partition coefficient (Wildman–Crippen LogP) is 2.16. The van der Waals surface area contributed by atoms with Crippen molar-refractivity contribution in [3.05, 3.63) is 71.3 Å². The molecule has 1 aliphatic rings. The summed E-state index contributed by atoms with van der Waals surface area (Å²) in [6, 6.07) is 17.6. The summed E-state index contributed by atoms with van der Waals surface area (Å²) < 4.78 is 0. The predicted molar refractivity (Wildman–Crippen MR) is 113 cm³/mol. The van der Waals surface area contributed by atoms with E-state index in [2.05, 4.69) is 11.4 Å². The SMILES string of the molecule is Cl.N#Cc1ccc(CNC(=O)[C@@H]2CCCN2C(=O)[C@H](N)Cc2ccccc2)cc1. The second-order valence-corrected chi connectivity index (χ2v) is 7.01. The van der Waals surface area contributed by atoms with Crippen LogP contribution in [0.2, 0.25) is 0 Å². The number of hydrogen-bond donors (Lipinski definition) is 2. The van der Waals surface area contributed by atoms with Gasteiger partial charge in [0.05, 0.1) is 17.7 Å². The van der Waals surface area contributed by atoms with Gasteiger partial charge in [-0.1, -0.05) is 42.5 Å². The number of nitrogens with two attached hydrogens (primary N) is 1. The highest BCUT2D eigenvalue weighted by atomic mass is 35.5. The summed E-state index contributed by atoms with van der Waals surface area (Å²) in [5.74, 6) is -0.345. The summed E-state index contributed by atoms with van der Waals surface area (Å²) in [6.07, 6.45) is 1.89. The lowest BCUT2D eigenvalue weighted by Crippen LogP contribution is -2.51. The van der Waals surface area contributed by atoms with E-state index in [-0.39, 0.29) is 24.2 Å². The van der Waals surface area contributed by atoms with Crippen LogP contribution in [-0.2, 0) is 22.6 Å². The minimum absolute atomic E-state index is 0. The molecule has 0 aliphatic carbocycles. The number of nitrogens with zero attached hydrogens (tertiary/aromatic N) is 2. The van der Waals surface area contributed by atoms with E-state index in [1.807, 2.05) is 42.5 Å². The summed E-state index contributed by atoms with van der Waals surface area (Å²) in [6.45, 7) is 0.912. The Labute approximate surface area is 177 Å². The molecule has 1 heterocycles. The van der Waals surface area contributed by atoms with Gasteiger partial charge in [0.25, 0.3) is 0 Å². The molecule has 1 saturated heterocycles. The summed E-state index contributed by atoms with van der Waals surface area (Å²) >= 11 is 0. The molecule has 0 spiro atoms. The normalized spacial score (nSPS) is 16.4. The number of carbonyl (C=O) groups is 2. The molecule has 0 aromatic heterocycles. The Hall–Kier alpha value is -2.88. The van der Waals surface area contributed by atoms with Crippen LogP contribution < -0.4 is 11.1 Å². The minimum atomic E-state index is -0.658. The lowest BCUT2D eigenvalue weighted by Gasteiger charge is -2.26. The first-order chi connectivity index (χ1) is 13.6. The van der Waals surface area contributed by atoms with E-state index in [1.54, 1.807) is 17.0 Å². The molecule has 152 valence electrons. The van der Waals surface area contributed by atoms with Crippen molar-refractivity contribution >= 4 is 24.2 Å². The number of nitrogens with one attached hydrogen (secondary N) is 1. The van der Waals surface area contributed by atoms with Gasteiger partial charge in [-0.2, -0.15) is 5.26 Å². The van der Waals surface area contributed by atoms with Crippen LogP contribution >= 0.6 is 12.4 Å². The number of halogens is 1. The Kier molecular flexibility index (Phi) is 8.20. The number of nitriles is 1. The van der Waals surface area contributed by atoms with Crippen LogP contribution in [0, 0.1) is 11.3 Å². The lowest BCUT2D eigenvalue weighted by atomic mass is 10.1. The van der Waals surface area contributed by atoms with Crippen molar-refractivity contribution < 1.29 is 9.59 Å². The van der Waals surface area contributed by atoms with Gasteiger partial charge in [0, 0.05) is 13.1 Å². The van der Waals surface area contributed by atoms with E-state index in [0.717, 1.165) is 17.5 Å². The first-order valence-corrected chi connectivity index (χ1v) is 9.45. The second-order valence-electron chi connectivity index (χ2n) is 7.01. The zero-order valence-electron chi connectivity index (χ0n) is 16.1. The zero-order valence-corrected chi connectivity index (χ0v) is 16.9. The fourth-order valence-electron chi connectivity index (χ4n) is 3.48. The average Bonchev–Trinajstić information content (AvgIpc) is 3.22. The molecule has 2 aromatic rings. The van der Waals surface area contributed by atoms with Crippen molar-refractivity contribution in [2.45, 2.75) is 37.9 Å². The number of benzene rings is 2. The second kappa shape index (κ2) is 10.6. The number of rotatable bonds is 6. The van der Waals surface area contributed by atoms with Gasteiger partial charge < -0.3 is 16.0 Å². The van der Waals surface area contributed by atoms with Gasteiger partial charge in [0.2, 0.25) is 11.8 Å². The highest BCUT2D eigenvalue weighted by molar-refractivity contribution is 5.90. The molecular formula is C22H25ClN4O2. The molecule has 2 amide bonds. The maximum absolute atomic E-state index is 12.8. The third kappa shape index (κ3) is 5.80. The maximum atomic E-state index is 12.8. The summed E-state index contributed by atoms with van der Waals surface area (Å²) in [5.41, 5.74) is 8.62. The van der Waals surface area contributed by atoms with E-state index in [9.17, 15) is 9.59 Å². The standard InChI is InChI=1S/C22H24N4O2.ClH/c23-14-17-8-10-18(11-9-17)15-25-21(27)20-7-4-12-26(20)22(28)19(24)13-16-5-2-1-3-6-16;/h1-3,5-6,8-11,19-20H,4,7,12-13,15,24H2,(H,25,27);1H/t19-,20+;/m1./s1. The third-order valence-electron chi connectivity index (χ3n) is 5.00. The number of hydrogen-bond acceptors (Lipinski definition) is 4. The van der Waals surface area contributed by atoms with E-state index in [4.69, 9.17) is 11.0 Å². The molecule has 3 N–H and O–H groups in total. The van der Waals surface area contributed by atoms with Crippen molar-refractivity contribution in [1.82, 2.24) is 10.2 Å². The maximum Gasteiger partial charge on any atom is 0.243 e. The van der Waals surface area contributed by atoms with Crippen LogP contribution in [-0.4, -0.2) is 35.3 Å². The van der Waals surface area contributed by atoms with Crippen molar-refractivity contribution in [3.63, 3.8) is 0 Å². The molecule has 0 saturated carbocycles. The molecule has 0 bridgehead atoms. The van der Waals surface area contributed by atoms with Crippen molar-refractivity contribution in [3.8, 4) is 6.07 Å². The highest BCUT2D eigenvalue weighted by Gasteiger charge is 2.35. The molecule has 29 heavy (non-hydrogen) atoms. The molecule has 2 aromatic carbocycles. The van der Waals surface area contributed by atoms with Crippen LogP contribution in [0.4, 0.5) is 0 Å². The molecule has 0 radical (unpaired) electrons. The molecule has 0 unspecified atom stereocenters. The Morgan fingerprint density at radius 1 is 1.14 bits per heavy atom. The van der Waals surface area contributed by atoms with Crippen LogP contribution in [0.15, 0.2) is 54.6 Å². The van der Waals surface area contributed by atoms with Crippen molar-refractivity contribution in [1.29, 1.82) is 5.26 Å². The summed E-state index contributed by atoms with van der Waals surface area (Å²) in [5, 5.41) is 11.7. The molecule has 1 aliphatic heterocycles. The largest absolute Gasteiger partial charge is 0.350 e. The molecule has 6 nitrogen and oxygen atoms in total. The van der Waals surface area contributed by atoms with Gasteiger partial charge in [-0.05, 0) is 42.5 Å². The fourth-order valence-corrected chi connectivity index (χ4v) is 3.48. The summed E-state index contributed by atoms with van der Waals surface area (Å²) in [4.78, 5) is 27.1. The van der Waals surface area contributed by atoms with Gasteiger partial charge in [-0.3, -0.25) is 9.59 Å². The van der Waals surface area contributed by atoms with Crippen LogP contribution in [0.25, 0.3) is 0 Å². The summed E-state index contributed by atoms with van der Waals surface area (Å²) in [7, 11) is 0. The average molecular weight is 413 g/mol. The number of amides is 2. The van der Waals surface area contributed by atoms with E-state index in [0.29, 0.717) is 31.5 Å². The van der Waals surface area contributed by atoms with E-state index in [1.165, 1.54) is 0 Å². The first kappa shape index (κ1) is 22.4. The van der Waals surface area contributed by atoms with E-state index >= 15 is 0 Å². The highest BCUT2D eigenvalue weighted by Crippen LogP contribution is 2.19.